The standard InChI is InChI=1S/C14H23N3OS/c1-10(2)13(18)16-14-15-12(9-19-14)8-17-6-4-5-11(3)7-17/h9-11H,4-8H2,1-3H3,(H,15,16,18). The van der Waals surface area contributed by atoms with E-state index in [1.807, 2.05) is 13.8 Å². The van der Waals surface area contributed by atoms with Crippen LogP contribution in [-0.4, -0.2) is 28.9 Å². The maximum Gasteiger partial charge on any atom is 0.228 e. The second-order valence-corrected chi connectivity index (χ2v) is 6.63. The fourth-order valence-electron chi connectivity index (χ4n) is 2.35. The van der Waals surface area contributed by atoms with Crippen LogP contribution in [0.1, 0.15) is 39.3 Å². The lowest BCUT2D eigenvalue weighted by Crippen LogP contribution is -2.33. The van der Waals surface area contributed by atoms with Crippen molar-refractivity contribution in [2.75, 3.05) is 18.4 Å². The molecule has 19 heavy (non-hydrogen) atoms. The summed E-state index contributed by atoms with van der Waals surface area (Å²) in [6.07, 6.45) is 2.62. The Hall–Kier alpha value is -0.940. The zero-order valence-corrected chi connectivity index (χ0v) is 12.8. The number of anilines is 1. The number of piperidine rings is 1. The molecule has 0 aromatic carbocycles. The highest BCUT2D eigenvalue weighted by Crippen LogP contribution is 2.21. The number of hydrogen-bond donors (Lipinski definition) is 1. The summed E-state index contributed by atoms with van der Waals surface area (Å²) in [5.74, 6) is 0.815. The van der Waals surface area contributed by atoms with E-state index in [2.05, 4.69) is 27.5 Å². The molecule has 1 aliphatic rings. The number of likely N-dealkylation sites (tertiary alicyclic amines) is 1. The molecule has 1 N–H and O–H groups in total. The summed E-state index contributed by atoms with van der Waals surface area (Å²) in [5.41, 5.74) is 1.07. The third-order valence-corrected chi connectivity index (χ3v) is 4.24. The third kappa shape index (κ3) is 4.28. The maximum absolute atomic E-state index is 11.6. The molecule has 1 fully saturated rings. The monoisotopic (exact) mass is 281 g/mol. The zero-order chi connectivity index (χ0) is 13.8. The molecule has 0 spiro atoms. The van der Waals surface area contributed by atoms with Crippen molar-refractivity contribution in [3.8, 4) is 0 Å². The van der Waals surface area contributed by atoms with Gasteiger partial charge in [-0.15, -0.1) is 11.3 Å². The average molecular weight is 281 g/mol. The van der Waals surface area contributed by atoms with Crippen molar-refractivity contribution >= 4 is 22.4 Å². The van der Waals surface area contributed by atoms with Gasteiger partial charge in [0.05, 0.1) is 5.69 Å². The zero-order valence-electron chi connectivity index (χ0n) is 12.0. The van der Waals surface area contributed by atoms with E-state index in [0.717, 1.165) is 36.4 Å². The highest BCUT2D eigenvalue weighted by Gasteiger charge is 2.17. The Morgan fingerprint density at radius 3 is 3.11 bits per heavy atom. The van der Waals surface area contributed by atoms with E-state index in [9.17, 15) is 4.79 Å². The van der Waals surface area contributed by atoms with E-state index in [0.29, 0.717) is 0 Å². The number of nitrogens with zero attached hydrogens (tertiary/aromatic N) is 2. The summed E-state index contributed by atoms with van der Waals surface area (Å²) >= 11 is 1.51. The maximum atomic E-state index is 11.6. The molecule has 1 aliphatic heterocycles. The highest BCUT2D eigenvalue weighted by molar-refractivity contribution is 7.13. The molecule has 2 rings (SSSR count). The van der Waals surface area contributed by atoms with E-state index in [4.69, 9.17) is 0 Å². The van der Waals surface area contributed by atoms with Gasteiger partial charge >= 0.3 is 0 Å². The van der Waals surface area contributed by atoms with Gasteiger partial charge in [-0.25, -0.2) is 4.98 Å². The number of nitrogens with one attached hydrogen (secondary N) is 1. The minimum atomic E-state index is -0.00436. The summed E-state index contributed by atoms with van der Waals surface area (Å²) in [6, 6.07) is 0. The van der Waals surface area contributed by atoms with Crippen molar-refractivity contribution in [3.63, 3.8) is 0 Å². The predicted octanol–water partition coefficient (Wildman–Crippen LogP) is 2.97. The van der Waals surface area contributed by atoms with Crippen LogP contribution in [0.4, 0.5) is 5.13 Å². The van der Waals surface area contributed by atoms with Crippen LogP contribution in [0.2, 0.25) is 0 Å². The first-order valence-corrected chi connectivity index (χ1v) is 7.90. The molecule has 1 unspecified atom stereocenters. The van der Waals surface area contributed by atoms with Gasteiger partial charge in [-0.1, -0.05) is 20.8 Å². The fraction of sp³-hybridized carbons (Fsp3) is 0.714. The van der Waals surface area contributed by atoms with Crippen molar-refractivity contribution in [2.24, 2.45) is 11.8 Å². The highest BCUT2D eigenvalue weighted by atomic mass is 32.1. The van der Waals surface area contributed by atoms with Crippen LogP contribution in [0.3, 0.4) is 0 Å². The SMILES string of the molecule is CC1CCCN(Cc2csc(NC(=O)C(C)C)n2)C1. The lowest BCUT2D eigenvalue weighted by atomic mass is 10.0. The number of thiazole rings is 1. The van der Waals surface area contributed by atoms with Gasteiger partial charge < -0.3 is 5.32 Å². The van der Waals surface area contributed by atoms with E-state index in [-0.39, 0.29) is 11.8 Å². The molecule has 2 heterocycles. The molecular formula is C14H23N3OS. The first kappa shape index (κ1) is 14.5. The quantitative estimate of drug-likeness (QED) is 0.923. The minimum Gasteiger partial charge on any atom is -0.302 e. The predicted molar refractivity (Wildman–Crippen MR) is 79.3 cm³/mol. The van der Waals surface area contributed by atoms with Gasteiger partial charge in [-0.3, -0.25) is 9.69 Å². The van der Waals surface area contributed by atoms with Crippen molar-refractivity contribution in [3.05, 3.63) is 11.1 Å². The average Bonchev–Trinajstić information content (AvgIpc) is 2.76. The molecule has 4 nitrogen and oxygen atoms in total. The molecule has 106 valence electrons. The van der Waals surface area contributed by atoms with Crippen LogP contribution in [0, 0.1) is 11.8 Å². The van der Waals surface area contributed by atoms with Crippen LogP contribution in [-0.2, 0) is 11.3 Å². The molecule has 0 radical (unpaired) electrons. The van der Waals surface area contributed by atoms with E-state index in [1.165, 1.54) is 24.2 Å². The Bertz CT molecular complexity index is 430. The molecule has 0 aliphatic carbocycles. The number of carbonyl (C=O) groups excluding carboxylic acids is 1. The lowest BCUT2D eigenvalue weighted by Gasteiger charge is -2.30. The third-order valence-electron chi connectivity index (χ3n) is 3.43. The van der Waals surface area contributed by atoms with Crippen LogP contribution >= 0.6 is 11.3 Å². The van der Waals surface area contributed by atoms with Crippen LogP contribution in [0.15, 0.2) is 5.38 Å². The van der Waals surface area contributed by atoms with Crippen molar-refractivity contribution in [1.82, 2.24) is 9.88 Å². The molecule has 1 atom stereocenters. The Morgan fingerprint density at radius 1 is 1.63 bits per heavy atom. The topological polar surface area (TPSA) is 45.2 Å². The summed E-state index contributed by atoms with van der Waals surface area (Å²) < 4.78 is 0. The number of rotatable bonds is 4. The number of hydrogen-bond acceptors (Lipinski definition) is 4. The lowest BCUT2D eigenvalue weighted by molar-refractivity contribution is -0.118. The van der Waals surface area contributed by atoms with Gasteiger partial charge in [0.1, 0.15) is 0 Å². The largest absolute Gasteiger partial charge is 0.302 e. The first-order valence-electron chi connectivity index (χ1n) is 7.02. The number of aromatic nitrogens is 1. The second-order valence-electron chi connectivity index (χ2n) is 5.77. The normalized spacial score (nSPS) is 20.7. The molecule has 1 saturated heterocycles. The molecule has 5 heteroatoms. The second kappa shape index (κ2) is 6.48. The summed E-state index contributed by atoms with van der Waals surface area (Å²) in [7, 11) is 0. The van der Waals surface area contributed by atoms with Crippen molar-refractivity contribution in [1.29, 1.82) is 0 Å². The fourth-order valence-corrected chi connectivity index (χ4v) is 3.05. The number of carbonyl (C=O) groups is 1. The summed E-state index contributed by atoms with van der Waals surface area (Å²) in [4.78, 5) is 18.6. The van der Waals surface area contributed by atoms with Gasteiger partial charge in [0.15, 0.2) is 5.13 Å². The van der Waals surface area contributed by atoms with Gasteiger partial charge in [0.25, 0.3) is 0 Å². The first-order chi connectivity index (χ1) is 9.04. The van der Waals surface area contributed by atoms with Gasteiger partial charge in [0.2, 0.25) is 5.91 Å². The summed E-state index contributed by atoms with van der Waals surface area (Å²) in [6.45, 7) is 9.30. The van der Waals surface area contributed by atoms with E-state index in [1.54, 1.807) is 0 Å². The van der Waals surface area contributed by atoms with Crippen LogP contribution in [0.25, 0.3) is 0 Å². The Morgan fingerprint density at radius 2 is 2.42 bits per heavy atom. The van der Waals surface area contributed by atoms with E-state index < -0.39 is 0 Å². The molecule has 0 bridgehead atoms. The van der Waals surface area contributed by atoms with Crippen molar-refractivity contribution in [2.45, 2.75) is 40.2 Å². The Labute approximate surface area is 119 Å². The molecular weight excluding hydrogens is 258 g/mol. The smallest absolute Gasteiger partial charge is 0.228 e. The van der Waals surface area contributed by atoms with Crippen molar-refractivity contribution < 1.29 is 4.79 Å². The minimum absolute atomic E-state index is 0.00436. The van der Waals surface area contributed by atoms with Gasteiger partial charge in [-0.05, 0) is 25.3 Å². The van der Waals surface area contributed by atoms with E-state index >= 15 is 0 Å². The molecule has 1 aromatic rings. The van der Waals surface area contributed by atoms with Crippen LogP contribution < -0.4 is 5.32 Å². The molecule has 1 aromatic heterocycles. The molecule has 1 amide bonds. The Balaban J connectivity index is 1.88. The molecule has 0 saturated carbocycles. The van der Waals surface area contributed by atoms with Gasteiger partial charge in [-0.2, -0.15) is 0 Å². The Kier molecular flexibility index (Phi) is 4.93. The number of amides is 1. The summed E-state index contributed by atoms with van der Waals surface area (Å²) in [5, 5.41) is 5.63. The van der Waals surface area contributed by atoms with Crippen LogP contribution in [0.5, 0.6) is 0 Å². The van der Waals surface area contributed by atoms with Gasteiger partial charge in [0, 0.05) is 24.4 Å².